The van der Waals surface area contributed by atoms with E-state index in [1.807, 2.05) is 42.5 Å². The summed E-state index contributed by atoms with van der Waals surface area (Å²) >= 11 is 6.79. The molecule has 2 aromatic rings. The first-order valence-electron chi connectivity index (χ1n) is 6.69. The normalized spacial score (nSPS) is 15.5. The SMILES string of the molecule is COc1ccc(Br)cc1/C=C1/N=C(c2cccc(Br)c2)OC1=O. The summed E-state index contributed by atoms with van der Waals surface area (Å²) < 4.78 is 12.3. The number of esters is 1. The second kappa shape index (κ2) is 6.68. The number of nitrogens with zero attached hydrogens (tertiary/aromatic N) is 1. The van der Waals surface area contributed by atoms with Gasteiger partial charge in [-0.25, -0.2) is 9.79 Å². The smallest absolute Gasteiger partial charge is 0.363 e. The maximum absolute atomic E-state index is 12.1. The van der Waals surface area contributed by atoms with Crippen molar-refractivity contribution >= 4 is 49.8 Å². The lowest BCUT2D eigenvalue weighted by atomic mass is 10.1. The van der Waals surface area contributed by atoms with Crippen LogP contribution >= 0.6 is 31.9 Å². The topological polar surface area (TPSA) is 47.9 Å². The second-order valence-electron chi connectivity index (χ2n) is 4.73. The van der Waals surface area contributed by atoms with E-state index in [4.69, 9.17) is 9.47 Å². The Bertz CT molecular complexity index is 843. The van der Waals surface area contributed by atoms with Gasteiger partial charge in [0.2, 0.25) is 5.90 Å². The molecule has 4 nitrogen and oxygen atoms in total. The maximum Gasteiger partial charge on any atom is 0.363 e. The molecular weight excluding hydrogens is 426 g/mol. The first-order valence-corrected chi connectivity index (χ1v) is 8.27. The van der Waals surface area contributed by atoms with Crippen LogP contribution in [-0.4, -0.2) is 19.0 Å². The van der Waals surface area contributed by atoms with Gasteiger partial charge in [-0.15, -0.1) is 0 Å². The van der Waals surface area contributed by atoms with Crippen LogP contribution < -0.4 is 4.74 Å². The van der Waals surface area contributed by atoms with Gasteiger partial charge in [-0.05, 0) is 42.5 Å². The first kappa shape index (κ1) is 16.0. The molecule has 0 radical (unpaired) electrons. The summed E-state index contributed by atoms with van der Waals surface area (Å²) in [6.07, 6.45) is 1.65. The maximum atomic E-state index is 12.1. The van der Waals surface area contributed by atoms with E-state index in [0.717, 1.165) is 20.1 Å². The van der Waals surface area contributed by atoms with Crippen LogP contribution in [0.25, 0.3) is 6.08 Å². The number of carbonyl (C=O) groups excluding carboxylic acids is 1. The average Bonchev–Trinajstić information content (AvgIpc) is 2.89. The Balaban J connectivity index is 2.00. The van der Waals surface area contributed by atoms with Crippen LogP contribution in [0.4, 0.5) is 0 Å². The minimum atomic E-state index is -0.484. The molecule has 0 atom stereocenters. The first-order chi connectivity index (χ1) is 11.1. The number of rotatable bonds is 3. The van der Waals surface area contributed by atoms with E-state index in [9.17, 15) is 4.79 Å². The van der Waals surface area contributed by atoms with Crippen molar-refractivity contribution in [2.75, 3.05) is 7.11 Å². The molecule has 0 spiro atoms. The molecule has 0 N–H and O–H groups in total. The van der Waals surface area contributed by atoms with Crippen LogP contribution in [0.15, 0.2) is 62.1 Å². The fourth-order valence-corrected chi connectivity index (χ4v) is 2.90. The Hall–Kier alpha value is -1.92. The molecule has 116 valence electrons. The van der Waals surface area contributed by atoms with Crippen LogP contribution in [0, 0.1) is 0 Å². The highest BCUT2D eigenvalue weighted by atomic mass is 79.9. The highest BCUT2D eigenvalue weighted by molar-refractivity contribution is 9.10. The summed E-state index contributed by atoms with van der Waals surface area (Å²) in [4.78, 5) is 16.4. The number of hydrogen-bond acceptors (Lipinski definition) is 4. The largest absolute Gasteiger partial charge is 0.496 e. The van der Waals surface area contributed by atoms with Gasteiger partial charge in [0.15, 0.2) is 5.70 Å². The molecule has 0 aliphatic carbocycles. The van der Waals surface area contributed by atoms with Gasteiger partial charge in [-0.2, -0.15) is 0 Å². The molecule has 0 saturated heterocycles. The number of halogens is 2. The third-order valence-electron chi connectivity index (χ3n) is 3.18. The molecule has 1 aliphatic rings. The molecule has 0 saturated carbocycles. The number of benzene rings is 2. The number of methoxy groups -OCH3 is 1. The summed E-state index contributed by atoms with van der Waals surface area (Å²) in [5.41, 5.74) is 1.71. The minimum absolute atomic E-state index is 0.233. The fourth-order valence-electron chi connectivity index (χ4n) is 2.12. The van der Waals surface area contributed by atoms with Crippen molar-refractivity contribution in [2.45, 2.75) is 0 Å². The van der Waals surface area contributed by atoms with Gasteiger partial charge < -0.3 is 9.47 Å². The Morgan fingerprint density at radius 3 is 2.65 bits per heavy atom. The molecule has 2 aromatic carbocycles. The Morgan fingerprint density at radius 1 is 1.13 bits per heavy atom. The highest BCUT2D eigenvalue weighted by Gasteiger charge is 2.24. The van der Waals surface area contributed by atoms with E-state index in [0.29, 0.717) is 5.75 Å². The van der Waals surface area contributed by atoms with Crippen LogP contribution in [0.5, 0.6) is 5.75 Å². The van der Waals surface area contributed by atoms with Gasteiger partial charge in [-0.3, -0.25) is 0 Å². The van der Waals surface area contributed by atoms with Gasteiger partial charge in [0.05, 0.1) is 7.11 Å². The molecule has 0 bridgehead atoms. The van der Waals surface area contributed by atoms with Crippen LogP contribution in [0.3, 0.4) is 0 Å². The number of ether oxygens (including phenoxy) is 2. The molecule has 0 unspecified atom stereocenters. The number of cyclic esters (lactones) is 1. The van der Waals surface area contributed by atoms with Crippen molar-refractivity contribution in [1.82, 2.24) is 0 Å². The molecular formula is C17H11Br2NO3. The lowest BCUT2D eigenvalue weighted by molar-refractivity contribution is -0.129. The van der Waals surface area contributed by atoms with E-state index in [2.05, 4.69) is 36.9 Å². The van der Waals surface area contributed by atoms with Gasteiger partial charge in [0.1, 0.15) is 5.75 Å². The predicted octanol–water partition coefficient (Wildman–Crippen LogP) is 4.56. The van der Waals surface area contributed by atoms with Crippen molar-refractivity contribution in [3.05, 3.63) is 68.2 Å². The summed E-state index contributed by atoms with van der Waals surface area (Å²) in [5, 5.41) is 0. The third kappa shape index (κ3) is 3.54. The summed E-state index contributed by atoms with van der Waals surface area (Å²) in [6.45, 7) is 0. The van der Waals surface area contributed by atoms with Crippen molar-refractivity contribution in [2.24, 2.45) is 4.99 Å². The second-order valence-corrected chi connectivity index (χ2v) is 6.56. The zero-order valence-corrected chi connectivity index (χ0v) is 15.2. The van der Waals surface area contributed by atoms with Crippen LogP contribution in [-0.2, 0) is 9.53 Å². The predicted molar refractivity (Wildman–Crippen MR) is 95.4 cm³/mol. The van der Waals surface area contributed by atoms with Crippen molar-refractivity contribution in [1.29, 1.82) is 0 Å². The minimum Gasteiger partial charge on any atom is -0.496 e. The lowest BCUT2D eigenvalue weighted by Crippen LogP contribution is -2.05. The number of carbonyl (C=O) groups is 1. The van der Waals surface area contributed by atoms with Crippen molar-refractivity contribution in [3.63, 3.8) is 0 Å². The average molecular weight is 437 g/mol. The lowest BCUT2D eigenvalue weighted by Gasteiger charge is -2.04. The number of hydrogen-bond donors (Lipinski definition) is 0. The molecule has 1 heterocycles. The molecule has 3 rings (SSSR count). The molecule has 0 amide bonds. The zero-order chi connectivity index (χ0) is 16.4. The van der Waals surface area contributed by atoms with Crippen molar-refractivity contribution < 1.29 is 14.3 Å². The standard InChI is InChI=1S/C17H11Br2NO3/c1-22-15-6-5-13(19)8-11(15)9-14-17(21)23-16(20-14)10-3-2-4-12(18)7-10/h2-9H,1H3/b14-9+. The highest BCUT2D eigenvalue weighted by Crippen LogP contribution is 2.27. The Morgan fingerprint density at radius 2 is 1.91 bits per heavy atom. The van der Waals surface area contributed by atoms with E-state index < -0.39 is 5.97 Å². The molecule has 23 heavy (non-hydrogen) atoms. The van der Waals surface area contributed by atoms with E-state index in [-0.39, 0.29) is 11.6 Å². The van der Waals surface area contributed by atoms with E-state index in [1.54, 1.807) is 13.2 Å². The number of aliphatic imine (C=N–C) groups is 1. The monoisotopic (exact) mass is 435 g/mol. The van der Waals surface area contributed by atoms with Crippen LogP contribution in [0.1, 0.15) is 11.1 Å². The van der Waals surface area contributed by atoms with Crippen LogP contribution in [0.2, 0.25) is 0 Å². The Kier molecular flexibility index (Phi) is 4.63. The van der Waals surface area contributed by atoms with Gasteiger partial charge in [0.25, 0.3) is 0 Å². The molecule has 1 aliphatic heterocycles. The quantitative estimate of drug-likeness (QED) is 0.523. The van der Waals surface area contributed by atoms with E-state index in [1.165, 1.54) is 0 Å². The fraction of sp³-hybridized carbons (Fsp3) is 0.0588. The van der Waals surface area contributed by atoms with E-state index >= 15 is 0 Å². The summed E-state index contributed by atoms with van der Waals surface area (Å²) in [5.74, 6) is 0.457. The summed E-state index contributed by atoms with van der Waals surface area (Å²) in [6, 6.07) is 13.0. The molecule has 0 fully saturated rings. The van der Waals surface area contributed by atoms with Crippen molar-refractivity contribution in [3.8, 4) is 5.75 Å². The van der Waals surface area contributed by atoms with Gasteiger partial charge >= 0.3 is 5.97 Å². The molecule has 6 heteroatoms. The van der Waals surface area contributed by atoms with Gasteiger partial charge in [-0.1, -0.05) is 37.9 Å². The third-order valence-corrected chi connectivity index (χ3v) is 4.16. The summed E-state index contributed by atoms with van der Waals surface area (Å²) in [7, 11) is 1.58. The zero-order valence-electron chi connectivity index (χ0n) is 12.0. The Labute approximate surface area is 150 Å². The van der Waals surface area contributed by atoms with Gasteiger partial charge in [0, 0.05) is 20.1 Å². The molecule has 0 aromatic heterocycles.